The minimum atomic E-state index is -4.84. The summed E-state index contributed by atoms with van der Waals surface area (Å²) in [6.07, 6.45) is -2.56. The van der Waals surface area contributed by atoms with Crippen LogP contribution in [0.15, 0.2) is 59.3 Å². The Kier molecular flexibility index (Phi) is 6.06. The predicted molar refractivity (Wildman–Crippen MR) is 96.9 cm³/mol. The first kappa shape index (κ1) is 21.3. The summed E-state index contributed by atoms with van der Waals surface area (Å²) in [5, 5.41) is 15.0. The van der Waals surface area contributed by atoms with E-state index in [-0.39, 0.29) is 21.7 Å². The molecule has 0 saturated carbocycles. The average Bonchev–Trinajstić information content (AvgIpc) is 2.67. The third-order valence-corrected chi connectivity index (χ3v) is 4.14. The normalized spacial score (nSPS) is 11.1. The van der Waals surface area contributed by atoms with Gasteiger partial charge in [-0.3, -0.25) is 10.0 Å². The topological polar surface area (TPSA) is 84.6 Å². The highest BCUT2D eigenvalue weighted by Gasteiger charge is 2.31. The predicted octanol–water partition coefficient (Wildman–Crippen LogP) is 4.45. The van der Waals surface area contributed by atoms with Gasteiger partial charge in [0.2, 0.25) is 0 Å². The van der Waals surface area contributed by atoms with Crippen LogP contribution in [0, 0.1) is 5.82 Å². The van der Waals surface area contributed by atoms with E-state index in [1.165, 1.54) is 30.3 Å². The van der Waals surface area contributed by atoms with Gasteiger partial charge in [0.15, 0.2) is 5.82 Å². The van der Waals surface area contributed by atoms with Crippen molar-refractivity contribution in [3.63, 3.8) is 0 Å². The van der Waals surface area contributed by atoms with Gasteiger partial charge in [-0.25, -0.2) is 4.39 Å². The van der Waals surface area contributed by atoms with E-state index >= 15 is 0 Å². The number of aromatic nitrogens is 2. The van der Waals surface area contributed by atoms with Crippen molar-refractivity contribution in [2.75, 3.05) is 5.32 Å². The molecule has 3 rings (SSSR count). The van der Waals surface area contributed by atoms with Crippen molar-refractivity contribution in [1.29, 1.82) is 0 Å². The summed E-state index contributed by atoms with van der Waals surface area (Å²) in [7, 11) is 0. The molecule has 0 aliphatic carbocycles. The molecular weight excluding hydrogens is 478 g/mol. The van der Waals surface area contributed by atoms with E-state index in [9.17, 15) is 22.4 Å². The molecule has 0 radical (unpaired) electrons. The highest BCUT2D eigenvalue weighted by molar-refractivity contribution is 9.10. The maximum absolute atomic E-state index is 14.6. The molecule has 1 heterocycles. The minimum absolute atomic E-state index is 0.00619. The van der Waals surface area contributed by atoms with Crippen molar-refractivity contribution < 1.29 is 41.9 Å². The van der Waals surface area contributed by atoms with Crippen molar-refractivity contribution in [3.8, 4) is 17.2 Å². The standard InChI is InChI=1S/C18H10BrF4N3O4/c19-13-5-6-14(29-11-1-3-12(4-2-11)30-18(21,22)23)15(16(13)20)17(27)25-10-7-8-26(28)24-9-10/h1-9,28H/p+1. The summed E-state index contributed by atoms with van der Waals surface area (Å²) in [6, 6.07) is 8.30. The maximum atomic E-state index is 14.6. The van der Waals surface area contributed by atoms with Crippen LogP contribution in [-0.4, -0.2) is 22.6 Å². The second kappa shape index (κ2) is 8.53. The van der Waals surface area contributed by atoms with Crippen LogP contribution in [0.3, 0.4) is 0 Å². The van der Waals surface area contributed by atoms with Gasteiger partial charge in [0.25, 0.3) is 12.1 Å². The molecule has 0 atom stereocenters. The van der Waals surface area contributed by atoms with E-state index in [1.807, 2.05) is 0 Å². The van der Waals surface area contributed by atoms with Crippen LogP contribution in [0.25, 0.3) is 0 Å². The number of rotatable bonds is 5. The van der Waals surface area contributed by atoms with Crippen molar-refractivity contribution in [1.82, 2.24) is 5.10 Å². The van der Waals surface area contributed by atoms with Crippen LogP contribution in [0.5, 0.6) is 17.2 Å². The Hall–Kier alpha value is -3.41. The summed E-state index contributed by atoms with van der Waals surface area (Å²) in [5.74, 6) is -2.39. The Morgan fingerprint density at radius 2 is 1.77 bits per heavy atom. The zero-order chi connectivity index (χ0) is 21.9. The van der Waals surface area contributed by atoms with Crippen LogP contribution in [-0.2, 0) is 0 Å². The second-order valence-electron chi connectivity index (χ2n) is 5.65. The Labute approximate surface area is 174 Å². The van der Waals surface area contributed by atoms with Gasteiger partial charge in [-0.15, -0.1) is 13.2 Å². The highest BCUT2D eigenvalue weighted by atomic mass is 79.9. The fraction of sp³-hybridized carbons (Fsp3) is 0.0556. The molecule has 0 aliphatic rings. The number of nitrogens with zero attached hydrogens (tertiary/aromatic N) is 2. The zero-order valence-electron chi connectivity index (χ0n) is 14.7. The maximum Gasteiger partial charge on any atom is 0.573 e. The Morgan fingerprint density at radius 3 is 2.37 bits per heavy atom. The Bertz CT molecular complexity index is 1060. The summed E-state index contributed by atoms with van der Waals surface area (Å²) >= 11 is 2.98. The Balaban J connectivity index is 1.85. The third kappa shape index (κ3) is 5.35. The molecule has 0 aliphatic heterocycles. The molecule has 1 aromatic heterocycles. The number of amides is 1. The van der Waals surface area contributed by atoms with Gasteiger partial charge in [0.1, 0.15) is 33.9 Å². The minimum Gasteiger partial charge on any atom is -0.456 e. The SMILES string of the molecule is O=C(Nc1cc[n+](O)nc1)c1c(Oc2ccc(OC(F)(F)F)cc2)ccc(Br)c1F. The fourth-order valence-electron chi connectivity index (χ4n) is 2.28. The number of benzene rings is 2. The summed E-state index contributed by atoms with van der Waals surface area (Å²) in [4.78, 5) is 13.1. The van der Waals surface area contributed by atoms with E-state index in [0.29, 0.717) is 4.85 Å². The van der Waals surface area contributed by atoms with Gasteiger partial charge in [0.05, 0.1) is 10.2 Å². The number of carbonyl (C=O) groups excluding carboxylic acids is 1. The summed E-state index contributed by atoms with van der Waals surface area (Å²) in [5.41, 5.74) is -0.287. The summed E-state index contributed by atoms with van der Waals surface area (Å²) < 4.78 is 60.6. The lowest BCUT2D eigenvalue weighted by Gasteiger charge is -2.14. The van der Waals surface area contributed by atoms with Gasteiger partial charge in [-0.05, 0) is 52.3 Å². The molecule has 30 heavy (non-hydrogen) atoms. The number of nitrogens with one attached hydrogen (secondary N) is 1. The van der Waals surface area contributed by atoms with E-state index < -0.39 is 29.4 Å². The monoisotopic (exact) mass is 488 g/mol. The number of halogens is 5. The summed E-state index contributed by atoms with van der Waals surface area (Å²) in [6.45, 7) is 0. The molecule has 1 amide bonds. The molecule has 156 valence electrons. The van der Waals surface area contributed by atoms with E-state index in [4.69, 9.17) is 9.94 Å². The van der Waals surface area contributed by atoms with Crippen LogP contribution in [0.1, 0.15) is 10.4 Å². The average molecular weight is 489 g/mol. The zero-order valence-corrected chi connectivity index (χ0v) is 16.2. The molecule has 7 nitrogen and oxygen atoms in total. The number of alkyl halides is 3. The molecule has 0 fully saturated rings. The number of anilines is 1. The highest BCUT2D eigenvalue weighted by Crippen LogP contribution is 2.33. The number of hydrogen-bond donors (Lipinski definition) is 2. The van der Waals surface area contributed by atoms with Crippen LogP contribution >= 0.6 is 15.9 Å². The third-order valence-electron chi connectivity index (χ3n) is 3.53. The molecule has 2 aromatic carbocycles. The molecule has 0 saturated heterocycles. The van der Waals surface area contributed by atoms with Crippen molar-refractivity contribution in [3.05, 3.63) is 70.7 Å². The molecule has 2 N–H and O–H groups in total. The lowest BCUT2D eigenvalue weighted by Crippen LogP contribution is -2.33. The molecule has 12 heteroatoms. The first-order valence-electron chi connectivity index (χ1n) is 8.02. The van der Waals surface area contributed by atoms with Crippen LogP contribution < -0.4 is 19.6 Å². The molecule has 0 spiro atoms. The number of carbonyl (C=O) groups is 1. The van der Waals surface area contributed by atoms with Crippen molar-refractivity contribution in [2.45, 2.75) is 6.36 Å². The fourth-order valence-corrected chi connectivity index (χ4v) is 2.61. The van der Waals surface area contributed by atoms with E-state index in [2.05, 4.69) is 31.1 Å². The van der Waals surface area contributed by atoms with Crippen molar-refractivity contribution in [2.24, 2.45) is 0 Å². The lowest BCUT2D eigenvalue weighted by molar-refractivity contribution is -0.948. The molecule has 3 aromatic rings. The lowest BCUT2D eigenvalue weighted by atomic mass is 10.1. The van der Waals surface area contributed by atoms with Crippen molar-refractivity contribution >= 4 is 27.5 Å². The van der Waals surface area contributed by atoms with E-state index in [0.717, 1.165) is 24.5 Å². The quantitative estimate of drug-likeness (QED) is 0.315. The smallest absolute Gasteiger partial charge is 0.456 e. The van der Waals surface area contributed by atoms with Gasteiger partial charge >= 0.3 is 6.36 Å². The van der Waals surface area contributed by atoms with Gasteiger partial charge in [-0.2, -0.15) is 0 Å². The molecule has 0 bridgehead atoms. The van der Waals surface area contributed by atoms with Crippen LogP contribution in [0.2, 0.25) is 0 Å². The Morgan fingerprint density at radius 1 is 1.10 bits per heavy atom. The number of ether oxygens (including phenoxy) is 2. The first-order valence-corrected chi connectivity index (χ1v) is 8.82. The van der Waals surface area contributed by atoms with Gasteiger partial charge in [0, 0.05) is 11.2 Å². The molecule has 0 unspecified atom stereocenters. The van der Waals surface area contributed by atoms with Crippen LogP contribution in [0.4, 0.5) is 23.2 Å². The molecular formula is C18H11BrF4N3O4+. The second-order valence-corrected chi connectivity index (χ2v) is 6.50. The number of hydrogen-bond acceptors (Lipinski definition) is 5. The largest absolute Gasteiger partial charge is 0.573 e. The van der Waals surface area contributed by atoms with E-state index in [1.54, 1.807) is 0 Å². The first-order chi connectivity index (χ1) is 14.1. The van der Waals surface area contributed by atoms with Gasteiger partial charge in [-0.1, -0.05) is 0 Å². The van der Waals surface area contributed by atoms with Gasteiger partial charge < -0.3 is 14.8 Å².